The zero-order valence-electron chi connectivity index (χ0n) is 7.84. The van der Waals surface area contributed by atoms with E-state index < -0.39 is 0 Å². The predicted octanol–water partition coefficient (Wildman–Crippen LogP) is 1.82. The van der Waals surface area contributed by atoms with Crippen LogP contribution in [0.1, 0.15) is 33.6 Å². The molecule has 0 heterocycles. The molecule has 0 amide bonds. The summed E-state index contributed by atoms with van der Waals surface area (Å²) in [6, 6.07) is 0. The standard InChI is InChI=1S/C9H20O2/c1-4-5-6-11-7-8(2)9(3)10/h8-10H,4-7H2,1-3H3/t8-,9-/m1/s1. The molecule has 68 valence electrons. The summed E-state index contributed by atoms with van der Waals surface area (Å²) in [5.41, 5.74) is 0. The highest BCUT2D eigenvalue weighted by molar-refractivity contribution is 4.56. The lowest BCUT2D eigenvalue weighted by Gasteiger charge is -2.14. The van der Waals surface area contributed by atoms with Gasteiger partial charge in [0.15, 0.2) is 0 Å². The fourth-order valence-corrected chi connectivity index (χ4v) is 0.655. The van der Waals surface area contributed by atoms with Gasteiger partial charge in [0, 0.05) is 12.5 Å². The summed E-state index contributed by atoms with van der Waals surface area (Å²) in [6.45, 7) is 7.44. The van der Waals surface area contributed by atoms with E-state index in [0.717, 1.165) is 13.0 Å². The van der Waals surface area contributed by atoms with Crippen LogP contribution in [-0.4, -0.2) is 24.4 Å². The summed E-state index contributed by atoms with van der Waals surface area (Å²) in [5, 5.41) is 9.10. The molecule has 0 aliphatic heterocycles. The van der Waals surface area contributed by atoms with Crippen molar-refractivity contribution < 1.29 is 9.84 Å². The molecule has 0 aliphatic carbocycles. The zero-order chi connectivity index (χ0) is 8.69. The van der Waals surface area contributed by atoms with E-state index in [1.54, 1.807) is 6.92 Å². The molecule has 0 aromatic heterocycles. The van der Waals surface area contributed by atoms with Gasteiger partial charge in [0.05, 0.1) is 12.7 Å². The van der Waals surface area contributed by atoms with Crippen LogP contribution in [0.5, 0.6) is 0 Å². The second-order valence-electron chi connectivity index (χ2n) is 3.15. The number of unbranched alkanes of at least 4 members (excludes halogenated alkanes) is 1. The van der Waals surface area contributed by atoms with Gasteiger partial charge in [-0.05, 0) is 13.3 Å². The lowest BCUT2D eigenvalue weighted by molar-refractivity contribution is 0.0433. The highest BCUT2D eigenvalue weighted by Gasteiger charge is 2.07. The number of hydrogen-bond donors (Lipinski definition) is 1. The van der Waals surface area contributed by atoms with Crippen LogP contribution in [0.4, 0.5) is 0 Å². The Morgan fingerprint density at radius 3 is 2.45 bits per heavy atom. The topological polar surface area (TPSA) is 29.5 Å². The molecule has 2 atom stereocenters. The first kappa shape index (κ1) is 10.9. The van der Waals surface area contributed by atoms with E-state index in [0.29, 0.717) is 6.61 Å². The van der Waals surface area contributed by atoms with Crippen molar-refractivity contribution in [1.82, 2.24) is 0 Å². The minimum atomic E-state index is -0.253. The quantitative estimate of drug-likeness (QED) is 0.600. The summed E-state index contributed by atoms with van der Waals surface area (Å²) >= 11 is 0. The molecule has 0 saturated carbocycles. The summed E-state index contributed by atoms with van der Waals surface area (Å²) in [6.07, 6.45) is 2.03. The maximum absolute atomic E-state index is 9.10. The van der Waals surface area contributed by atoms with E-state index in [4.69, 9.17) is 9.84 Å². The normalized spacial score (nSPS) is 16.4. The molecule has 0 unspecified atom stereocenters. The van der Waals surface area contributed by atoms with Crippen molar-refractivity contribution in [2.75, 3.05) is 13.2 Å². The van der Waals surface area contributed by atoms with Crippen LogP contribution in [0, 0.1) is 5.92 Å². The lowest BCUT2D eigenvalue weighted by atomic mass is 10.1. The number of rotatable bonds is 6. The zero-order valence-corrected chi connectivity index (χ0v) is 7.84. The van der Waals surface area contributed by atoms with E-state index in [1.807, 2.05) is 6.92 Å². The molecular weight excluding hydrogens is 140 g/mol. The molecule has 0 aromatic carbocycles. The van der Waals surface area contributed by atoms with Crippen LogP contribution < -0.4 is 0 Å². The lowest BCUT2D eigenvalue weighted by Crippen LogP contribution is -2.19. The van der Waals surface area contributed by atoms with Crippen molar-refractivity contribution in [3.8, 4) is 0 Å². The maximum atomic E-state index is 9.10. The van der Waals surface area contributed by atoms with Gasteiger partial charge >= 0.3 is 0 Å². The Morgan fingerprint density at radius 1 is 1.36 bits per heavy atom. The fraction of sp³-hybridized carbons (Fsp3) is 1.00. The summed E-state index contributed by atoms with van der Waals surface area (Å²) in [7, 11) is 0. The third-order valence-corrected chi connectivity index (χ3v) is 1.85. The number of hydrogen-bond acceptors (Lipinski definition) is 2. The van der Waals surface area contributed by atoms with Gasteiger partial charge in [-0.2, -0.15) is 0 Å². The Bertz CT molecular complexity index is 81.6. The minimum Gasteiger partial charge on any atom is -0.393 e. The van der Waals surface area contributed by atoms with Crippen molar-refractivity contribution in [3.05, 3.63) is 0 Å². The first-order chi connectivity index (χ1) is 5.18. The Hall–Kier alpha value is -0.0800. The van der Waals surface area contributed by atoms with Gasteiger partial charge in [0.25, 0.3) is 0 Å². The van der Waals surface area contributed by atoms with E-state index in [1.165, 1.54) is 6.42 Å². The predicted molar refractivity (Wildman–Crippen MR) is 46.6 cm³/mol. The Labute approximate surface area is 69.6 Å². The Morgan fingerprint density at radius 2 is 2.00 bits per heavy atom. The van der Waals surface area contributed by atoms with Gasteiger partial charge in [0.2, 0.25) is 0 Å². The average molecular weight is 160 g/mol. The van der Waals surface area contributed by atoms with Gasteiger partial charge in [-0.15, -0.1) is 0 Å². The fourth-order valence-electron chi connectivity index (χ4n) is 0.655. The monoisotopic (exact) mass is 160 g/mol. The smallest absolute Gasteiger partial charge is 0.0559 e. The maximum Gasteiger partial charge on any atom is 0.0559 e. The molecular formula is C9H20O2. The number of aliphatic hydroxyl groups excluding tert-OH is 1. The van der Waals surface area contributed by atoms with Crippen LogP contribution in [-0.2, 0) is 4.74 Å². The van der Waals surface area contributed by atoms with E-state index in [2.05, 4.69) is 6.92 Å². The largest absolute Gasteiger partial charge is 0.393 e. The van der Waals surface area contributed by atoms with Gasteiger partial charge in [-0.25, -0.2) is 0 Å². The van der Waals surface area contributed by atoms with Crippen molar-refractivity contribution in [2.45, 2.75) is 39.7 Å². The SMILES string of the molecule is CCCCOC[C@@H](C)[C@@H](C)O. The van der Waals surface area contributed by atoms with E-state index in [-0.39, 0.29) is 12.0 Å². The van der Waals surface area contributed by atoms with Crippen molar-refractivity contribution in [1.29, 1.82) is 0 Å². The Balaban J connectivity index is 3.10. The molecule has 11 heavy (non-hydrogen) atoms. The van der Waals surface area contributed by atoms with E-state index in [9.17, 15) is 0 Å². The molecule has 0 saturated heterocycles. The van der Waals surface area contributed by atoms with Gasteiger partial charge in [-0.1, -0.05) is 20.3 Å². The number of aliphatic hydroxyl groups is 1. The van der Waals surface area contributed by atoms with Gasteiger partial charge in [0.1, 0.15) is 0 Å². The van der Waals surface area contributed by atoms with Crippen LogP contribution in [0.3, 0.4) is 0 Å². The number of ether oxygens (including phenoxy) is 1. The van der Waals surface area contributed by atoms with Crippen LogP contribution in [0.2, 0.25) is 0 Å². The first-order valence-corrected chi connectivity index (χ1v) is 4.44. The minimum absolute atomic E-state index is 0.253. The molecule has 1 N–H and O–H groups in total. The molecule has 0 spiro atoms. The molecule has 0 bridgehead atoms. The second kappa shape index (κ2) is 6.62. The second-order valence-corrected chi connectivity index (χ2v) is 3.15. The van der Waals surface area contributed by atoms with Crippen LogP contribution in [0.25, 0.3) is 0 Å². The van der Waals surface area contributed by atoms with Gasteiger partial charge in [-0.3, -0.25) is 0 Å². The molecule has 0 rings (SSSR count). The van der Waals surface area contributed by atoms with Crippen molar-refractivity contribution in [2.24, 2.45) is 5.92 Å². The molecule has 0 fully saturated rings. The summed E-state index contributed by atoms with van der Waals surface area (Å²) in [4.78, 5) is 0. The van der Waals surface area contributed by atoms with Crippen LogP contribution in [0.15, 0.2) is 0 Å². The molecule has 0 radical (unpaired) electrons. The highest BCUT2D eigenvalue weighted by atomic mass is 16.5. The van der Waals surface area contributed by atoms with E-state index >= 15 is 0 Å². The molecule has 2 heteroatoms. The van der Waals surface area contributed by atoms with Crippen molar-refractivity contribution >= 4 is 0 Å². The molecule has 0 aromatic rings. The molecule has 2 nitrogen and oxygen atoms in total. The third kappa shape index (κ3) is 6.32. The average Bonchev–Trinajstić information content (AvgIpc) is 1.97. The molecule has 0 aliphatic rings. The van der Waals surface area contributed by atoms with Crippen molar-refractivity contribution in [3.63, 3.8) is 0 Å². The first-order valence-electron chi connectivity index (χ1n) is 4.44. The highest BCUT2D eigenvalue weighted by Crippen LogP contribution is 2.02. The summed E-state index contributed by atoms with van der Waals surface area (Å²) in [5.74, 6) is 0.256. The summed E-state index contributed by atoms with van der Waals surface area (Å²) < 4.78 is 5.34. The Kier molecular flexibility index (Phi) is 6.57. The van der Waals surface area contributed by atoms with Crippen LogP contribution >= 0.6 is 0 Å². The van der Waals surface area contributed by atoms with Gasteiger partial charge < -0.3 is 9.84 Å². The third-order valence-electron chi connectivity index (χ3n) is 1.85.